The normalized spacial score (nSPS) is 11.5. The molecule has 112 valence electrons. The molecule has 22 heavy (non-hydrogen) atoms. The smallest absolute Gasteiger partial charge is 0.230 e. The third-order valence-electron chi connectivity index (χ3n) is 3.39. The maximum Gasteiger partial charge on any atom is 0.230 e. The number of fused-ring (bicyclic) bond motifs is 1. The van der Waals surface area contributed by atoms with Gasteiger partial charge in [-0.15, -0.1) is 0 Å². The maximum absolute atomic E-state index is 9.89. The monoisotopic (exact) mass is 357 g/mol. The minimum Gasteiger partial charge on any atom is -0.507 e. The van der Waals surface area contributed by atoms with E-state index >= 15 is 0 Å². The van der Waals surface area contributed by atoms with Crippen LogP contribution in [0.15, 0.2) is 51.9 Å². The number of aliphatic imine (C=N–C) groups is 1. The van der Waals surface area contributed by atoms with Crippen molar-refractivity contribution in [3.63, 3.8) is 0 Å². The Morgan fingerprint density at radius 1 is 1.27 bits per heavy atom. The van der Waals surface area contributed by atoms with Crippen LogP contribution in [-0.4, -0.2) is 20.9 Å². The van der Waals surface area contributed by atoms with Crippen LogP contribution < -0.4 is 0 Å². The molecule has 0 bridgehead atoms. The van der Waals surface area contributed by atoms with E-state index in [0.29, 0.717) is 11.5 Å². The number of phenolic OH excluding ortho intramolecular Hbond substituents is 1. The van der Waals surface area contributed by atoms with Gasteiger partial charge in [0.1, 0.15) is 5.75 Å². The number of rotatable bonds is 4. The summed E-state index contributed by atoms with van der Waals surface area (Å²) in [6, 6.07) is 13.3. The summed E-state index contributed by atoms with van der Waals surface area (Å²) in [5.41, 5.74) is 2.67. The average Bonchev–Trinajstić information content (AvgIpc) is 2.87. The van der Waals surface area contributed by atoms with Gasteiger partial charge in [-0.25, -0.2) is 9.98 Å². The summed E-state index contributed by atoms with van der Waals surface area (Å²) in [5, 5.41) is 9.89. The predicted octanol–water partition coefficient (Wildman–Crippen LogP) is 4.67. The number of aromatic nitrogens is 2. The first-order valence-electron chi connectivity index (χ1n) is 7.17. The predicted molar refractivity (Wildman–Crippen MR) is 93.1 cm³/mol. The van der Waals surface area contributed by atoms with Crippen molar-refractivity contribution in [3.05, 3.63) is 52.5 Å². The molecule has 3 rings (SSSR count). The molecule has 0 spiro atoms. The lowest BCUT2D eigenvalue weighted by Gasteiger charge is -2.04. The van der Waals surface area contributed by atoms with Gasteiger partial charge in [-0.05, 0) is 36.8 Å². The molecule has 0 saturated heterocycles. The fraction of sp³-hybridized carbons (Fsp3) is 0.176. The van der Waals surface area contributed by atoms with Gasteiger partial charge in [0.15, 0.2) is 0 Å². The Morgan fingerprint density at radius 2 is 2.09 bits per heavy atom. The lowest BCUT2D eigenvalue weighted by atomic mass is 10.2. The molecule has 0 fully saturated rings. The van der Waals surface area contributed by atoms with E-state index in [0.717, 1.165) is 28.5 Å². The van der Waals surface area contributed by atoms with Crippen molar-refractivity contribution < 1.29 is 5.11 Å². The van der Waals surface area contributed by atoms with Crippen LogP contribution in [-0.2, 0) is 6.54 Å². The average molecular weight is 358 g/mol. The first-order valence-corrected chi connectivity index (χ1v) is 7.96. The van der Waals surface area contributed by atoms with Gasteiger partial charge in [0.05, 0.1) is 11.0 Å². The zero-order valence-corrected chi connectivity index (χ0v) is 13.8. The summed E-state index contributed by atoms with van der Waals surface area (Å²) in [7, 11) is 0. The molecule has 0 atom stereocenters. The van der Waals surface area contributed by atoms with Gasteiger partial charge in [0.25, 0.3) is 0 Å². The lowest BCUT2D eigenvalue weighted by molar-refractivity contribution is 0.474. The zero-order chi connectivity index (χ0) is 15.5. The Labute approximate surface area is 137 Å². The van der Waals surface area contributed by atoms with Gasteiger partial charge < -0.3 is 9.67 Å². The fourth-order valence-corrected chi connectivity index (χ4v) is 2.74. The second-order valence-corrected chi connectivity index (χ2v) is 5.93. The van der Waals surface area contributed by atoms with Gasteiger partial charge in [-0.3, -0.25) is 0 Å². The number of imidazole rings is 1. The molecule has 0 amide bonds. The van der Waals surface area contributed by atoms with Crippen molar-refractivity contribution in [2.75, 3.05) is 0 Å². The van der Waals surface area contributed by atoms with E-state index in [9.17, 15) is 5.11 Å². The highest BCUT2D eigenvalue weighted by atomic mass is 79.9. The van der Waals surface area contributed by atoms with E-state index < -0.39 is 0 Å². The molecule has 3 aromatic rings. The highest BCUT2D eigenvalue weighted by Crippen LogP contribution is 2.24. The second kappa shape index (κ2) is 6.32. The highest BCUT2D eigenvalue weighted by molar-refractivity contribution is 9.10. The number of phenols is 1. The summed E-state index contributed by atoms with van der Waals surface area (Å²) in [6.07, 6.45) is 2.65. The van der Waals surface area contributed by atoms with E-state index in [4.69, 9.17) is 0 Å². The van der Waals surface area contributed by atoms with Crippen LogP contribution in [0.2, 0.25) is 0 Å². The summed E-state index contributed by atoms with van der Waals surface area (Å²) >= 11 is 3.40. The molecule has 1 N–H and O–H groups in total. The van der Waals surface area contributed by atoms with E-state index in [2.05, 4.69) is 37.4 Å². The van der Waals surface area contributed by atoms with Crippen molar-refractivity contribution in [1.29, 1.82) is 0 Å². The van der Waals surface area contributed by atoms with Crippen LogP contribution in [0.4, 0.5) is 5.95 Å². The van der Waals surface area contributed by atoms with Crippen LogP contribution in [0.3, 0.4) is 0 Å². The number of halogens is 1. The fourth-order valence-electron chi connectivity index (χ4n) is 2.36. The van der Waals surface area contributed by atoms with E-state index in [1.807, 2.05) is 30.3 Å². The molecular weight excluding hydrogens is 342 g/mol. The number of para-hydroxylation sites is 2. The topological polar surface area (TPSA) is 50.4 Å². The Hall–Kier alpha value is -2.14. The molecular formula is C17H16BrN3O. The van der Waals surface area contributed by atoms with Crippen molar-refractivity contribution in [3.8, 4) is 5.75 Å². The molecule has 4 nitrogen and oxygen atoms in total. The van der Waals surface area contributed by atoms with Crippen LogP contribution in [0.1, 0.15) is 18.9 Å². The standard InChI is InChI=1S/C17H16BrN3O/c1-2-9-21-15-6-4-3-5-14(15)20-17(21)19-11-12-10-13(18)7-8-16(12)22/h3-8,10-11,22H,2,9H2,1H3. The number of hydrogen-bond acceptors (Lipinski definition) is 3. The third-order valence-corrected chi connectivity index (χ3v) is 3.88. The number of nitrogens with zero attached hydrogens (tertiary/aromatic N) is 3. The molecule has 0 unspecified atom stereocenters. The maximum atomic E-state index is 9.89. The Balaban J connectivity index is 2.04. The van der Waals surface area contributed by atoms with Crippen molar-refractivity contribution in [1.82, 2.24) is 9.55 Å². The van der Waals surface area contributed by atoms with E-state index in [1.165, 1.54) is 0 Å². The van der Waals surface area contributed by atoms with Crippen molar-refractivity contribution in [2.45, 2.75) is 19.9 Å². The van der Waals surface area contributed by atoms with Crippen LogP contribution in [0.5, 0.6) is 5.75 Å². The Bertz CT molecular complexity index is 839. The third kappa shape index (κ3) is 2.90. The first-order chi connectivity index (χ1) is 10.7. The molecule has 0 saturated carbocycles. The van der Waals surface area contributed by atoms with E-state index in [-0.39, 0.29) is 5.75 Å². The number of hydrogen-bond donors (Lipinski definition) is 1. The van der Waals surface area contributed by atoms with Gasteiger partial charge in [0, 0.05) is 22.8 Å². The number of benzene rings is 2. The summed E-state index contributed by atoms with van der Waals surface area (Å²) in [5.74, 6) is 0.854. The lowest BCUT2D eigenvalue weighted by Crippen LogP contribution is -1.96. The highest BCUT2D eigenvalue weighted by Gasteiger charge is 2.08. The van der Waals surface area contributed by atoms with Crippen LogP contribution >= 0.6 is 15.9 Å². The SMILES string of the molecule is CCCn1c(N=Cc2cc(Br)ccc2O)nc2ccccc21. The molecule has 0 aliphatic rings. The van der Waals surface area contributed by atoms with Gasteiger partial charge >= 0.3 is 0 Å². The molecule has 0 aliphatic carbocycles. The zero-order valence-electron chi connectivity index (χ0n) is 12.2. The molecule has 1 heterocycles. The quantitative estimate of drug-likeness (QED) is 0.690. The van der Waals surface area contributed by atoms with Crippen molar-refractivity contribution >= 4 is 39.1 Å². The van der Waals surface area contributed by atoms with Gasteiger partial charge in [0.2, 0.25) is 5.95 Å². The Kier molecular flexibility index (Phi) is 4.24. The second-order valence-electron chi connectivity index (χ2n) is 5.01. The Morgan fingerprint density at radius 3 is 2.91 bits per heavy atom. The molecule has 0 radical (unpaired) electrons. The summed E-state index contributed by atoms with van der Waals surface area (Å²) in [6.45, 7) is 2.99. The largest absolute Gasteiger partial charge is 0.507 e. The summed E-state index contributed by atoms with van der Waals surface area (Å²) in [4.78, 5) is 9.05. The molecule has 0 aliphatic heterocycles. The summed E-state index contributed by atoms with van der Waals surface area (Å²) < 4.78 is 3.00. The first kappa shape index (κ1) is 14.8. The number of aromatic hydroxyl groups is 1. The minimum atomic E-state index is 0.199. The minimum absolute atomic E-state index is 0.199. The van der Waals surface area contributed by atoms with Gasteiger partial charge in [-0.1, -0.05) is 35.0 Å². The molecule has 2 aromatic carbocycles. The number of aryl methyl sites for hydroxylation is 1. The van der Waals surface area contributed by atoms with Gasteiger partial charge in [-0.2, -0.15) is 0 Å². The van der Waals surface area contributed by atoms with Crippen LogP contribution in [0.25, 0.3) is 11.0 Å². The van der Waals surface area contributed by atoms with E-state index in [1.54, 1.807) is 18.3 Å². The van der Waals surface area contributed by atoms with Crippen LogP contribution in [0, 0.1) is 0 Å². The van der Waals surface area contributed by atoms with Crippen molar-refractivity contribution in [2.24, 2.45) is 4.99 Å². The molecule has 1 aromatic heterocycles. The molecule has 5 heteroatoms.